The zero-order chi connectivity index (χ0) is 21.9. The number of nitrogens with zero attached hydrogens (tertiary/aromatic N) is 2. The van der Waals surface area contributed by atoms with Gasteiger partial charge in [0.15, 0.2) is 17.3 Å². The van der Waals surface area contributed by atoms with E-state index >= 15 is 0 Å². The van der Waals surface area contributed by atoms with Crippen molar-refractivity contribution in [1.82, 2.24) is 4.98 Å². The lowest BCUT2D eigenvalue weighted by Gasteiger charge is -2.39. The summed E-state index contributed by atoms with van der Waals surface area (Å²) in [6, 6.07) is 10.4. The summed E-state index contributed by atoms with van der Waals surface area (Å²) in [6.07, 6.45) is 3.65. The second kappa shape index (κ2) is 6.58. The highest BCUT2D eigenvalue weighted by atomic mass is 16.5. The number of carbonyl (C=O) groups excluding carboxylic acids is 3. The van der Waals surface area contributed by atoms with Crippen molar-refractivity contribution in [3.63, 3.8) is 0 Å². The Morgan fingerprint density at radius 2 is 1.74 bits per heavy atom. The molecule has 0 spiro atoms. The van der Waals surface area contributed by atoms with Gasteiger partial charge in [-0.05, 0) is 29.2 Å². The third-order valence-electron chi connectivity index (χ3n) is 6.06. The molecular formula is C25H18N2O4. The van der Waals surface area contributed by atoms with E-state index in [2.05, 4.69) is 11.1 Å². The van der Waals surface area contributed by atoms with Crippen LogP contribution in [0.3, 0.4) is 0 Å². The molecule has 152 valence electrons. The van der Waals surface area contributed by atoms with Gasteiger partial charge >= 0.3 is 0 Å². The van der Waals surface area contributed by atoms with Crippen molar-refractivity contribution in [1.29, 1.82) is 5.26 Å². The Labute approximate surface area is 178 Å². The summed E-state index contributed by atoms with van der Waals surface area (Å²) < 4.78 is 6.02. The standard InChI is InChI=1S/C25H18N2O4/c1-25(2)9-17(28)20-18(10-25)31-24-21(19(20)14-5-3-13(11-26)4-6-14)22(29)15-7-8-27-12-16(15)23(24)30/h3-8,12,19H,9-10H2,1-2H3. The molecule has 1 aliphatic heterocycles. The number of aromatic nitrogens is 1. The molecule has 0 saturated carbocycles. The van der Waals surface area contributed by atoms with Crippen LogP contribution in [0.25, 0.3) is 0 Å². The van der Waals surface area contributed by atoms with E-state index in [1.165, 1.54) is 18.5 Å². The van der Waals surface area contributed by atoms with E-state index in [0.29, 0.717) is 35.3 Å². The predicted molar refractivity (Wildman–Crippen MR) is 110 cm³/mol. The molecule has 6 heteroatoms. The van der Waals surface area contributed by atoms with Gasteiger partial charge in [-0.2, -0.15) is 5.26 Å². The first-order valence-electron chi connectivity index (χ1n) is 10.0. The molecule has 2 heterocycles. The average Bonchev–Trinajstić information content (AvgIpc) is 2.75. The first-order chi connectivity index (χ1) is 14.8. The Bertz CT molecular complexity index is 1290. The largest absolute Gasteiger partial charge is 0.457 e. The molecule has 0 amide bonds. The fourth-order valence-electron chi connectivity index (χ4n) is 4.67. The topological polar surface area (TPSA) is 97.1 Å². The molecule has 1 unspecified atom stereocenters. The van der Waals surface area contributed by atoms with Crippen LogP contribution in [0.4, 0.5) is 0 Å². The SMILES string of the molecule is CC1(C)CC(=O)C2=C(C1)OC1=C(C(=O)c3ccncc3C1=O)C2c1ccc(C#N)cc1. The van der Waals surface area contributed by atoms with Gasteiger partial charge in [0.1, 0.15) is 5.76 Å². The number of benzene rings is 1. The number of ketones is 3. The summed E-state index contributed by atoms with van der Waals surface area (Å²) in [5.74, 6) is -1.13. The Hall–Kier alpha value is -3.85. The van der Waals surface area contributed by atoms with Crippen LogP contribution >= 0.6 is 0 Å². The lowest BCUT2D eigenvalue weighted by molar-refractivity contribution is -0.119. The quantitative estimate of drug-likeness (QED) is 0.704. The van der Waals surface area contributed by atoms with Crippen LogP contribution in [-0.2, 0) is 9.53 Å². The Balaban J connectivity index is 1.75. The van der Waals surface area contributed by atoms with Crippen molar-refractivity contribution in [3.8, 4) is 6.07 Å². The van der Waals surface area contributed by atoms with Crippen LogP contribution in [-0.4, -0.2) is 22.3 Å². The van der Waals surface area contributed by atoms with Gasteiger partial charge in [-0.3, -0.25) is 19.4 Å². The molecule has 0 saturated heterocycles. The number of hydrogen-bond acceptors (Lipinski definition) is 6. The Morgan fingerprint density at radius 1 is 1.00 bits per heavy atom. The van der Waals surface area contributed by atoms with Gasteiger partial charge in [0, 0.05) is 42.3 Å². The van der Waals surface area contributed by atoms with Gasteiger partial charge in [-0.15, -0.1) is 0 Å². The molecule has 1 aromatic heterocycles. The summed E-state index contributed by atoms with van der Waals surface area (Å²) >= 11 is 0. The van der Waals surface area contributed by atoms with Crippen LogP contribution in [0.5, 0.6) is 0 Å². The molecule has 2 aromatic rings. The first kappa shape index (κ1) is 19.1. The van der Waals surface area contributed by atoms with Gasteiger partial charge < -0.3 is 4.74 Å². The van der Waals surface area contributed by atoms with Gasteiger partial charge in [-0.1, -0.05) is 26.0 Å². The van der Waals surface area contributed by atoms with Crippen molar-refractivity contribution in [2.75, 3.05) is 0 Å². The maximum atomic E-state index is 13.5. The summed E-state index contributed by atoms with van der Waals surface area (Å²) in [5, 5.41) is 9.15. The second-order valence-electron chi connectivity index (χ2n) is 8.87. The predicted octanol–water partition coefficient (Wildman–Crippen LogP) is 4.04. The number of Topliss-reactive ketones (excluding diaryl/α,β-unsaturated/α-hetero) is 3. The van der Waals surface area contributed by atoms with Gasteiger partial charge in [0.25, 0.3) is 0 Å². The molecule has 0 N–H and O–H groups in total. The number of rotatable bonds is 1. The summed E-state index contributed by atoms with van der Waals surface area (Å²) in [7, 11) is 0. The van der Waals surface area contributed by atoms with E-state index in [0.717, 1.165) is 0 Å². The summed E-state index contributed by atoms with van der Waals surface area (Å²) in [4.78, 5) is 44.0. The molecule has 31 heavy (non-hydrogen) atoms. The summed E-state index contributed by atoms with van der Waals surface area (Å²) in [6.45, 7) is 3.96. The molecule has 6 nitrogen and oxygen atoms in total. The minimum absolute atomic E-state index is 0.0240. The number of nitriles is 1. The zero-order valence-corrected chi connectivity index (χ0v) is 17.1. The van der Waals surface area contributed by atoms with Crippen LogP contribution in [0.15, 0.2) is 65.4 Å². The van der Waals surface area contributed by atoms with E-state index in [-0.39, 0.29) is 39.4 Å². The average molecular weight is 410 g/mol. The highest BCUT2D eigenvalue weighted by Crippen LogP contribution is 2.51. The maximum Gasteiger partial charge on any atom is 0.230 e. The highest BCUT2D eigenvalue weighted by molar-refractivity contribution is 6.27. The minimum Gasteiger partial charge on any atom is -0.457 e. The molecule has 0 radical (unpaired) electrons. The van der Waals surface area contributed by atoms with E-state index in [9.17, 15) is 14.4 Å². The Kier molecular flexibility index (Phi) is 4.06. The lowest BCUT2D eigenvalue weighted by atomic mass is 9.67. The van der Waals surface area contributed by atoms with E-state index in [4.69, 9.17) is 10.00 Å². The van der Waals surface area contributed by atoms with Crippen molar-refractivity contribution in [3.05, 3.63) is 87.6 Å². The second-order valence-corrected chi connectivity index (χ2v) is 8.87. The fourth-order valence-corrected chi connectivity index (χ4v) is 4.67. The van der Waals surface area contributed by atoms with Crippen molar-refractivity contribution in [2.24, 2.45) is 5.41 Å². The number of carbonyl (C=O) groups is 3. The van der Waals surface area contributed by atoms with E-state index in [1.807, 2.05) is 13.8 Å². The number of ether oxygens (including phenoxy) is 1. The Morgan fingerprint density at radius 3 is 2.45 bits per heavy atom. The lowest BCUT2D eigenvalue weighted by Crippen LogP contribution is -2.37. The third kappa shape index (κ3) is 2.85. The van der Waals surface area contributed by atoms with Gasteiger partial charge in [0.2, 0.25) is 5.78 Å². The van der Waals surface area contributed by atoms with Crippen molar-refractivity contribution >= 4 is 17.3 Å². The molecule has 1 atom stereocenters. The number of hydrogen-bond donors (Lipinski definition) is 0. The molecule has 0 bridgehead atoms. The monoisotopic (exact) mass is 410 g/mol. The number of fused-ring (bicyclic) bond motifs is 1. The van der Waals surface area contributed by atoms with Crippen molar-refractivity contribution in [2.45, 2.75) is 32.6 Å². The zero-order valence-electron chi connectivity index (χ0n) is 17.1. The number of allylic oxidation sites excluding steroid dienone is 4. The minimum atomic E-state index is -0.715. The van der Waals surface area contributed by atoms with Gasteiger partial charge in [0.05, 0.1) is 22.8 Å². The first-order valence-corrected chi connectivity index (χ1v) is 10.0. The van der Waals surface area contributed by atoms with E-state index in [1.54, 1.807) is 24.3 Å². The normalized spacial score (nSPS) is 21.7. The molecule has 1 aromatic carbocycles. The molecule has 2 aliphatic carbocycles. The maximum absolute atomic E-state index is 13.5. The van der Waals surface area contributed by atoms with Crippen LogP contribution in [0.1, 0.15) is 64.4 Å². The summed E-state index contributed by atoms with van der Waals surface area (Å²) in [5.41, 5.74) is 1.90. The molecular weight excluding hydrogens is 392 g/mol. The van der Waals surface area contributed by atoms with Crippen LogP contribution < -0.4 is 0 Å². The third-order valence-corrected chi connectivity index (χ3v) is 6.06. The smallest absolute Gasteiger partial charge is 0.230 e. The van der Waals surface area contributed by atoms with E-state index < -0.39 is 11.7 Å². The number of pyridine rings is 1. The van der Waals surface area contributed by atoms with Gasteiger partial charge in [-0.25, -0.2) is 0 Å². The molecule has 0 fully saturated rings. The molecule has 5 rings (SSSR count). The molecule has 3 aliphatic rings. The van der Waals surface area contributed by atoms with Crippen LogP contribution in [0, 0.1) is 16.7 Å². The van der Waals surface area contributed by atoms with Crippen LogP contribution in [0.2, 0.25) is 0 Å². The van der Waals surface area contributed by atoms with Crippen molar-refractivity contribution < 1.29 is 19.1 Å². The highest BCUT2D eigenvalue weighted by Gasteiger charge is 2.48. The fraction of sp³-hybridized carbons (Fsp3) is 0.240.